The Balaban J connectivity index is 2.70. The highest BCUT2D eigenvalue weighted by Gasteiger charge is 2.24. The number of hydrogen-bond acceptors (Lipinski definition) is 7. The van der Waals surface area contributed by atoms with E-state index in [2.05, 4.69) is 19.2 Å². The molecule has 9 heteroatoms. The highest BCUT2D eigenvalue weighted by molar-refractivity contribution is 6.35. The lowest BCUT2D eigenvalue weighted by atomic mass is 10.1. The Labute approximate surface area is 220 Å². The van der Waals surface area contributed by atoms with Crippen LogP contribution in [0.25, 0.3) is 0 Å². The van der Waals surface area contributed by atoms with E-state index in [-0.39, 0.29) is 41.8 Å². The lowest BCUT2D eigenvalue weighted by molar-refractivity contribution is 0.0520. The zero-order valence-electron chi connectivity index (χ0n) is 22.0. The van der Waals surface area contributed by atoms with Gasteiger partial charge in [-0.3, -0.25) is 5.32 Å². The van der Waals surface area contributed by atoms with E-state index in [4.69, 9.17) is 30.5 Å². The molecule has 1 aromatic rings. The molecule has 1 N–H and O–H groups in total. The summed E-state index contributed by atoms with van der Waals surface area (Å²) in [4.78, 5) is 36.8. The number of nitrogens with one attached hydrogen (secondary N) is 1. The number of halogens is 1. The van der Waals surface area contributed by atoms with Gasteiger partial charge < -0.3 is 18.9 Å². The van der Waals surface area contributed by atoms with Crippen LogP contribution in [0, 0.1) is 0 Å². The highest BCUT2D eigenvalue weighted by Crippen LogP contribution is 2.36. The van der Waals surface area contributed by atoms with Gasteiger partial charge in [-0.2, -0.15) is 0 Å². The third-order valence-corrected chi connectivity index (χ3v) is 5.84. The second kappa shape index (κ2) is 19.7. The van der Waals surface area contributed by atoms with E-state index in [1.165, 1.54) is 37.8 Å². The zero-order valence-corrected chi connectivity index (χ0v) is 22.8. The Morgan fingerprint density at radius 1 is 0.750 bits per heavy atom. The van der Waals surface area contributed by atoms with Crippen molar-refractivity contribution in [1.29, 1.82) is 0 Å². The summed E-state index contributed by atoms with van der Waals surface area (Å²) >= 11 is 6.40. The number of anilines is 1. The number of benzene rings is 1. The second-order valence-electron chi connectivity index (χ2n) is 8.52. The molecule has 0 aliphatic carbocycles. The first-order valence-electron chi connectivity index (χ1n) is 13.2. The minimum absolute atomic E-state index is 0.0515. The standard InChI is InChI=1S/C27H42ClNO7/c1-4-7-9-11-13-15-19-34-26(31)29-22-18-17-21(25(30)33-6-3)24(23(22)28)36-27(32)35-20-16-14-12-10-8-5-2/h17-18H,4-16,19-20H2,1-3H3,(H,29,31). The van der Waals surface area contributed by atoms with E-state index in [1.807, 2.05) is 0 Å². The summed E-state index contributed by atoms with van der Waals surface area (Å²) in [6.45, 7) is 6.57. The van der Waals surface area contributed by atoms with Crippen LogP contribution >= 0.6 is 11.6 Å². The van der Waals surface area contributed by atoms with Crippen molar-refractivity contribution in [3.05, 3.63) is 22.7 Å². The maximum Gasteiger partial charge on any atom is 0.513 e. The quantitative estimate of drug-likeness (QED) is 0.0886. The first-order valence-corrected chi connectivity index (χ1v) is 13.6. The Morgan fingerprint density at radius 2 is 1.31 bits per heavy atom. The average Bonchev–Trinajstić information content (AvgIpc) is 2.85. The van der Waals surface area contributed by atoms with Crippen LogP contribution in [0.2, 0.25) is 5.02 Å². The fourth-order valence-electron chi connectivity index (χ4n) is 3.47. The van der Waals surface area contributed by atoms with Crippen molar-refractivity contribution in [1.82, 2.24) is 0 Å². The van der Waals surface area contributed by atoms with Gasteiger partial charge in [0.2, 0.25) is 0 Å². The van der Waals surface area contributed by atoms with Crippen LogP contribution in [0.4, 0.5) is 15.3 Å². The van der Waals surface area contributed by atoms with Gasteiger partial charge in [0.1, 0.15) is 10.6 Å². The smallest absolute Gasteiger partial charge is 0.462 e. The van der Waals surface area contributed by atoms with Crippen molar-refractivity contribution >= 4 is 35.5 Å². The summed E-state index contributed by atoms with van der Waals surface area (Å²) in [5, 5.41) is 2.40. The van der Waals surface area contributed by atoms with Crippen LogP contribution in [0.3, 0.4) is 0 Å². The van der Waals surface area contributed by atoms with Crippen LogP contribution in [-0.2, 0) is 14.2 Å². The molecule has 0 bridgehead atoms. The fraction of sp³-hybridized carbons (Fsp3) is 0.667. The Kier molecular flexibility index (Phi) is 17.2. The summed E-state index contributed by atoms with van der Waals surface area (Å²) in [5.41, 5.74) is 0.0840. The number of amides is 1. The summed E-state index contributed by atoms with van der Waals surface area (Å²) in [7, 11) is 0. The number of rotatable bonds is 18. The number of unbranched alkanes of at least 4 members (excludes halogenated alkanes) is 10. The van der Waals surface area contributed by atoms with Crippen molar-refractivity contribution in [2.75, 3.05) is 25.1 Å². The van der Waals surface area contributed by atoms with Gasteiger partial charge >= 0.3 is 18.2 Å². The van der Waals surface area contributed by atoms with Crippen LogP contribution in [-0.4, -0.2) is 38.0 Å². The molecule has 0 saturated carbocycles. The van der Waals surface area contributed by atoms with E-state index in [9.17, 15) is 14.4 Å². The van der Waals surface area contributed by atoms with Gasteiger partial charge in [0.15, 0.2) is 5.75 Å². The second-order valence-corrected chi connectivity index (χ2v) is 8.90. The van der Waals surface area contributed by atoms with Crippen molar-refractivity contribution in [2.24, 2.45) is 0 Å². The molecule has 0 heterocycles. The number of esters is 1. The lowest BCUT2D eigenvalue weighted by Gasteiger charge is -2.15. The van der Waals surface area contributed by atoms with Crippen molar-refractivity contribution in [3.63, 3.8) is 0 Å². The largest absolute Gasteiger partial charge is 0.513 e. The van der Waals surface area contributed by atoms with Gasteiger partial charge in [-0.1, -0.05) is 89.7 Å². The van der Waals surface area contributed by atoms with E-state index in [0.29, 0.717) is 6.42 Å². The summed E-state index contributed by atoms with van der Waals surface area (Å²) in [5.74, 6) is -0.952. The molecule has 0 spiro atoms. The predicted molar refractivity (Wildman–Crippen MR) is 141 cm³/mol. The average molecular weight is 528 g/mol. The minimum atomic E-state index is -0.987. The molecule has 1 amide bonds. The maximum atomic E-state index is 12.4. The Hall–Kier alpha value is -2.48. The van der Waals surface area contributed by atoms with Crippen molar-refractivity contribution in [2.45, 2.75) is 97.8 Å². The maximum absolute atomic E-state index is 12.4. The SMILES string of the molecule is CCCCCCCCOC(=O)Nc1ccc(C(=O)OCC)c(OC(=O)OCCCCCCCC)c1Cl. The summed E-state index contributed by atoms with van der Waals surface area (Å²) in [6.07, 6.45) is 11.0. The Bertz CT molecular complexity index is 801. The van der Waals surface area contributed by atoms with Crippen molar-refractivity contribution < 1.29 is 33.3 Å². The van der Waals surface area contributed by atoms with E-state index in [1.54, 1.807) is 6.92 Å². The zero-order chi connectivity index (χ0) is 26.6. The molecule has 0 aliphatic heterocycles. The first kappa shape index (κ1) is 31.5. The molecule has 0 saturated heterocycles. The van der Waals surface area contributed by atoms with Gasteiger partial charge in [0.25, 0.3) is 0 Å². The fourth-order valence-corrected chi connectivity index (χ4v) is 3.72. The first-order chi connectivity index (χ1) is 17.4. The predicted octanol–water partition coefficient (Wildman–Crippen LogP) is 8.30. The molecule has 0 fully saturated rings. The number of hydrogen-bond donors (Lipinski definition) is 1. The molecule has 0 aromatic heterocycles. The van der Waals surface area contributed by atoms with Gasteiger partial charge in [-0.25, -0.2) is 14.4 Å². The lowest BCUT2D eigenvalue weighted by Crippen LogP contribution is -2.18. The third kappa shape index (κ3) is 13.0. The van der Waals surface area contributed by atoms with E-state index < -0.39 is 18.2 Å². The highest BCUT2D eigenvalue weighted by atomic mass is 35.5. The topological polar surface area (TPSA) is 100 Å². The number of carbonyl (C=O) groups excluding carboxylic acids is 3. The van der Waals surface area contributed by atoms with Gasteiger partial charge in [-0.15, -0.1) is 0 Å². The van der Waals surface area contributed by atoms with E-state index >= 15 is 0 Å². The molecule has 8 nitrogen and oxygen atoms in total. The van der Waals surface area contributed by atoms with Gasteiger partial charge in [0, 0.05) is 0 Å². The summed E-state index contributed by atoms with van der Waals surface area (Å²) in [6, 6.07) is 2.79. The number of ether oxygens (including phenoxy) is 4. The molecule has 204 valence electrons. The van der Waals surface area contributed by atoms with Gasteiger partial charge in [0.05, 0.1) is 25.5 Å². The molecule has 1 aromatic carbocycles. The van der Waals surface area contributed by atoms with Crippen LogP contribution in [0.15, 0.2) is 12.1 Å². The van der Waals surface area contributed by atoms with Crippen LogP contribution in [0.5, 0.6) is 5.75 Å². The molecule has 0 aliphatic rings. The van der Waals surface area contributed by atoms with Crippen LogP contribution in [0.1, 0.15) is 108 Å². The summed E-state index contributed by atoms with van der Waals surface area (Å²) < 4.78 is 20.7. The molecule has 36 heavy (non-hydrogen) atoms. The van der Waals surface area contributed by atoms with Crippen LogP contribution < -0.4 is 10.1 Å². The molecular weight excluding hydrogens is 486 g/mol. The number of carbonyl (C=O) groups is 3. The molecule has 0 atom stereocenters. The third-order valence-electron chi connectivity index (χ3n) is 5.46. The molecule has 0 radical (unpaired) electrons. The normalized spacial score (nSPS) is 10.6. The monoisotopic (exact) mass is 527 g/mol. The van der Waals surface area contributed by atoms with Gasteiger partial charge in [-0.05, 0) is 31.9 Å². The Morgan fingerprint density at radius 3 is 1.89 bits per heavy atom. The molecule has 0 unspecified atom stereocenters. The van der Waals surface area contributed by atoms with Crippen molar-refractivity contribution in [3.8, 4) is 5.75 Å². The molecular formula is C27H42ClNO7. The molecule has 1 rings (SSSR count). The minimum Gasteiger partial charge on any atom is -0.462 e. The van der Waals surface area contributed by atoms with E-state index in [0.717, 1.165) is 44.9 Å².